The van der Waals surface area contributed by atoms with Crippen molar-refractivity contribution in [1.29, 1.82) is 0 Å². The van der Waals surface area contributed by atoms with Crippen LogP contribution in [-0.4, -0.2) is 49.2 Å². The molecule has 0 bridgehead atoms. The van der Waals surface area contributed by atoms with Crippen molar-refractivity contribution >= 4 is 17.3 Å². The second kappa shape index (κ2) is 11.6. The van der Waals surface area contributed by atoms with E-state index in [1.807, 2.05) is 20.0 Å². The molecule has 0 aliphatic heterocycles. The molecule has 0 amide bonds. The lowest BCUT2D eigenvalue weighted by Crippen LogP contribution is -2.38. The van der Waals surface area contributed by atoms with Crippen molar-refractivity contribution in [3.63, 3.8) is 0 Å². The molecule has 0 fully saturated rings. The Kier molecular flexibility index (Phi) is 9.14. The van der Waals surface area contributed by atoms with Crippen LogP contribution in [0.3, 0.4) is 0 Å². The van der Waals surface area contributed by atoms with Crippen LogP contribution in [0.1, 0.15) is 29.6 Å². The molecule has 0 aliphatic carbocycles. The van der Waals surface area contributed by atoms with Crippen molar-refractivity contribution in [2.75, 3.05) is 33.4 Å². The number of aryl methyl sites for hydroxylation is 1. The Labute approximate surface area is 161 Å². The van der Waals surface area contributed by atoms with Gasteiger partial charge in [-0.2, -0.15) is 0 Å². The third kappa shape index (κ3) is 7.54. The van der Waals surface area contributed by atoms with Gasteiger partial charge in [0, 0.05) is 32.1 Å². The Balaban J connectivity index is 1.67. The number of nitrogens with one attached hydrogen (secondary N) is 1. The number of guanidine groups is 1. The highest BCUT2D eigenvalue weighted by molar-refractivity contribution is 7.09. The summed E-state index contributed by atoms with van der Waals surface area (Å²) in [5.74, 6) is 0.919. The van der Waals surface area contributed by atoms with Gasteiger partial charge < -0.3 is 15.0 Å². The quantitative estimate of drug-likeness (QED) is 0.393. The van der Waals surface area contributed by atoms with Gasteiger partial charge in [-0.3, -0.25) is 4.99 Å². The van der Waals surface area contributed by atoms with Crippen molar-refractivity contribution in [2.24, 2.45) is 4.99 Å². The fraction of sp³-hybridized carbons (Fsp3) is 0.500. The largest absolute Gasteiger partial charge is 0.381 e. The smallest absolute Gasteiger partial charge is 0.194 e. The number of hydrogen-bond donors (Lipinski definition) is 1. The van der Waals surface area contributed by atoms with E-state index in [9.17, 15) is 0 Å². The first kappa shape index (κ1) is 20.4. The molecule has 6 heteroatoms. The van der Waals surface area contributed by atoms with E-state index in [1.165, 1.54) is 5.56 Å². The van der Waals surface area contributed by atoms with E-state index in [0.29, 0.717) is 0 Å². The second-order valence-electron chi connectivity index (χ2n) is 6.15. The van der Waals surface area contributed by atoms with Gasteiger partial charge in [-0.25, -0.2) is 4.98 Å². The van der Waals surface area contributed by atoms with Crippen molar-refractivity contribution in [2.45, 2.75) is 33.2 Å². The minimum atomic E-state index is 0.741. The van der Waals surface area contributed by atoms with Gasteiger partial charge in [0.15, 0.2) is 5.96 Å². The van der Waals surface area contributed by atoms with Crippen molar-refractivity contribution in [1.82, 2.24) is 15.2 Å². The molecule has 0 aliphatic rings. The number of benzene rings is 1. The van der Waals surface area contributed by atoms with E-state index in [4.69, 9.17) is 9.73 Å². The summed E-state index contributed by atoms with van der Waals surface area (Å²) >= 11 is 1.68. The number of ether oxygens (including phenoxy) is 1. The van der Waals surface area contributed by atoms with E-state index >= 15 is 0 Å². The molecular weight excluding hydrogens is 344 g/mol. The molecule has 0 radical (unpaired) electrons. The molecule has 142 valence electrons. The van der Waals surface area contributed by atoms with E-state index in [-0.39, 0.29) is 0 Å². The Morgan fingerprint density at radius 2 is 2.08 bits per heavy atom. The van der Waals surface area contributed by atoms with Gasteiger partial charge in [0.05, 0.1) is 23.9 Å². The summed E-state index contributed by atoms with van der Waals surface area (Å²) in [5, 5.41) is 6.55. The zero-order valence-corrected chi connectivity index (χ0v) is 16.9. The average molecular weight is 375 g/mol. The highest BCUT2D eigenvalue weighted by atomic mass is 32.1. The maximum absolute atomic E-state index is 5.73. The Bertz CT molecular complexity index is 657. The molecule has 1 aromatic heterocycles. The van der Waals surface area contributed by atoms with E-state index in [1.54, 1.807) is 11.3 Å². The summed E-state index contributed by atoms with van der Waals surface area (Å²) in [4.78, 5) is 11.3. The highest BCUT2D eigenvalue weighted by Crippen LogP contribution is 2.09. The Hall–Kier alpha value is -1.92. The first-order valence-corrected chi connectivity index (χ1v) is 10.1. The van der Waals surface area contributed by atoms with Gasteiger partial charge in [0.1, 0.15) is 0 Å². The summed E-state index contributed by atoms with van der Waals surface area (Å²) in [6, 6.07) is 10.4. The molecule has 0 saturated carbocycles. The van der Waals surface area contributed by atoms with Crippen LogP contribution < -0.4 is 5.32 Å². The first-order chi connectivity index (χ1) is 12.7. The number of aromatic nitrogens is 1. The zero-order valence-electron chi connectivity index (χ0n) is 16.1. The third-order valence-corrected chi connectivity index (χ3v) is 4.67. The fourth-order valence-corrected chi connectivity index (χ4v) is 3.16. The monoisotopic (exact) mass is 374 g/mol. The molecule has 0 unspecified atom stereocenters. The number of nitrogens with zero attached hydrogens (tertiary/aromatic N) is 3. The lowest BCUT2D eigenvalue weighted by atomic mass is 10.2. The van der Waals surface area contributed by atoms with Gasteiger partial charge in [-0.15, -0.1) is 11.3 Å². The average Bonchev–Trinajstić information content (AvgIpc) is 3.05. The van der Waals surface area contributed by atoms with Gasteiger partial charge >= 0.3 is 0 Å². The van der Waals surface area contributed by atoms with Crippen LogP contribution in [-0.2, 0) is 17.7 Å². The van der Waals surface area contributed by atoms with Crippen LogP contribution in [0.25, 0.3) is 0 Å². The van der Waals surface area contributed by atoms with Crippen molar-refractivity contribution in [3.05, 3.63) is 52.0 Å². The molecule has 1 aromatic carbocycles. The van der Waals surface area contributed by atoms with Gasteiger partial charge in [-0.05, 0) is 32.3 Å². The minimum absolute atomic E-state index is 0.741. The third-order valence-electron chi connectivity index (χ3n) is 3.85. The minimum Gasteiger partial charge on any atom is -0.381 e. The van der Waals surface area contributed by atoms with Crippen LogP contribution in [0, 0.1) is 6.92 Å². The predicted molar refractivity (Wildman–Crippen MR) is 110 cm³/mol. The van der Waals surface area contributed by atoms with Crippen molar-refractivity contribution in [3.8, 4) is 0 Å². The molecular formula is C20H30N4OS. The molecule has 1 heterocycles. The highest BCUT2D eigenvalue weighted by Gasteiger charge is 2.08. The van der Waals surface area contributed by atoms with Gasteiger partial charge in [-0.1, -0.05) is 30.3 Å². The summed E-state index contributed by atoms with van der Waals surface area (Å²) in [6.07, 6.45) is 1.88. The van der Waals surface area contributed by atoms with E-state index in [2.05, 4.69) is 51.8 Å². The van der Waals surface area contributed by atoms with Crippen LogP contribution in [0.2, 0.25) is 0 Å². The maximum Gasteiger partial charge on any atom is 0.194 e. The topological polar surface area (TPSA) is 49.8 Å². The molecule has 26 heavy (non-hydrogen) atoms. The normalized spacial score (nSPS) is 11.6. The fourth-order valence-electron chi connectivity index (χ4n) is 2.56. The van der Waals surface area contributed by atoms with Crippen molar-refractivity contribution < 1.29 is 4.74 Å². The molecule has 0 atom stereocenters. The molecule has 1 N–H and O–H groups in total. The predicted octanol–water partition coefficient (Wildman–Crippen LogP) is 3.50. The molecule has 0 saturated heterocycles. The summed E-state index contributed by atoms with van der Waals surface area (Å²) < 4.78 is 5.73. The van der Waals surface area contributed by atoms with Crippen LogP contribution in [0.5, 0.6) is 0 Å². The van der Waals surface area contributed by atoms with Crippen LogP contribution in [0.4, 0.5) is 0 Å². The molecule has 0 spiro atoms. The summed E-state index contributed by atoms with van der Waals surface area (Å²) in [5.41, 5.74) is 2.41. The Morgan fingerprint density at radius 3 is 2.77 bits per heavy atom. The molecule has 2 rings (SSSR count). The maximum atomic E-state index is 5.73. The molecule has 5 nitrogen and oxygen atoms in total. The summed E-state index contributed by atoms with van der Waals surface area (Å²) in [7, 11) is 2.05. The number of aliphatic imine (C=N–C) groups is 1. The van der Waals surface area contributed by atoms with Crippen LogP contribution >= 0.6 is 11.3 Å². The van der Waals surface area contributed by atoms with Crippen LogP contribution in [0.15, 0.2) is 40.7 Å². The Morgan fingerprint density at radius 1 is 1.27 bits per heavy atom. The zero-order chi connectivity index (χ0) is 18.6. The second-order valence-corrected chi connectivity index (χ2v) is 7.21. The number of rotatable bonds is 10. The molecule has 2 aromatic rings. The lowest BCUT2D eigenvalue weighted by Gasteiger charge is -2.21. The summed E-state index contributed by atoms with van der Waals surface area (Å²) in [6.45, 7) is 8.00. The first-order valence-electron chi connectivity index (χ1n) is 9.21. The number of thiazole rings is 1. The number of hydrogen-bond acceptors (Lipinski definition) is 4. The lowest BCUT2D eigenvalue weighted by molar-refractivity contribution is 0.136. The van der Waals surface area contributed by atoms with Gasteiger partial charge in [0.25, 0.3) is 0 Å². The van der Waals surface area contributed by atoms with Gasteiger partial charge in [0.2, 0.25) is 0 Å². The standard InChI is InChI=1S/C20H30N4OS/c1-4-21-20(24(3)15-19-16-26-17(2)23-19)22-12-8-13-25-14-11-18-9-6-5-7-10-18/h5-7,9-10,16H,4,8,11-15H2,1-3H3,(H,21,22). The van der Waals surface area contributed by atoms with E-state index in [0.717, 1.165) is 62.4 Å². The van der Waals surface area contributed by atoms with E-state index < -0.39 is 0 Å². The SMILES string of the molecule is CCNC(=NCCCOCCc1ccccc1)N(C)Cc1csc(C)n1.